The molecule has 1 amide bonds. The molecule has 1 aromatic carbocycles. The summed E-state index contributed by atoms with van der Waals surface area (Å²) >= 11 is 7.22. The third-order valence-electron chi connectivity index (χ3n) is 2.76. The van der Waals surface area contributed by atoms with Gasteiger partial charge in [-0.3, -0.25) is 14.9 Å². The van der Waals surface area contributed by atoms with Gasteiger partial charge in [0.2, 0.25) is 0 Å². The molecular formula is C14H13ClN2O3S. The van der Waals surface area contributed by atoms with Gasteiger partial charge in [0.15, 0.2) is 5.13 Å². The van der Waals surface area contributed by atoms with Gasteiger partial charge in [-0.1, -0.05) is 23.7 Å². The van der Waals surface area contributed by atoms with Crippen molar-refractivity contribution in [2.45, 2.75) is 13.3 Å². The number of hydrogen-bond acceptors (Lipinski definition) is 5. The fraction of sp³-hybridized carbons (Fsp3) is 0.214. The van der Waals surface area contributed by atoms with Crippen molar-refractivity contribution in [1.29, 1.82) is 0 Å². The number of benzene rings is 1. The molecule has 0 atom stereocenters. The summed E-state index contributed by atoms with van der Waals surface area (Å²) in [7, 11) is 1.33. The van der Waals surface area contributed by atoms with Gasteiger partial charge in [-0.05, 0) is 19.1 Å². The van der Waals surface area contributed by atoms with Gasteiger partial charge in [0, 0.05) is 4.88 Å². The molecule has 2 aromatic rings. The molecule has 0 aliphatic rings. The van der Waals surface area contributed by atoms with Crippen molar-refractivity contribution >= 4 is 39.9 Å². The molecule has 1 heterocycles. The summed E-state index contributed by atoms with van der Waals surface area (Å²) in [5.74, 6) is -0.676. The van der Waals surface area contributed by atoms with Crippen LogP contribution >= 0.6 is 22.9 Å². The average molecular weight is 325 g/mol. The first-order valence-corrected chi connectivity index (χ1v) is 7.29. The lowest BCUT2D eigenvalue weighted by molar-refractivity contribution is -0.139. The number of carbonyl (C=O) groups is 2. The number of ether oxygens (including phenoxy) is 1. The third-order valence-corrected chi connectivity index (χ3v) is 4.17. The van der Waals surface area contributed by atoms with E-state index in [2.05, 4.69) is 15.0 Å². The van der Waals surface area contributed by atoms with Gasteiger partial charge < -0.3 is 4.74 Å². The smallest absolute Gasteiger partial charge is 0.310 e. The maximum Gasteiger partial charge on any atom is 0.310 e. The van der Waals surface area contributed by atoms with Crippen LogP contribution in [0.3, 0.4) is 0 Å². The monoisotopic (exact) mass is 324 g/mol. The number of thiazole rings is 1. The van der Waals surface area contributed by atoms with Crippen LogP contribution in [0.4, 0.5) is 5.13 Å². The van der Waals surface area contributed by atoms with Crippen molar-refractivity contribution in [3.05, 3.63) is 45.4 Å². The molecule has 0 bridgehead atoms. The Labute approximate surface area is 130 Å². The predicted molar refractivity (Wildman–Crippen MR) is 82.0 cm³/mol. The Kier molecular flexibility index (Phi) is 4.93. The molecule has 0 spiro atoms. The Morgan fingerprint density at radius 2 is 2.10 bits per heavy atom. The second kappa shape index (κ2) is 6.69. The van der Waals surface area contributed by atoms with Gasteiger partial charge in [0.25, 0.3) is 5.91 Å². The largest absolute Gasteiger partial charge is 0.469 e. The van der Waals surface area contributed by atoms with Gasteiger partial charge in [-0.25, -0.2) is 4.98 Å². The van der Waals surface area contributed by atoms with Crippen molar-refractivity contribution in [2.24, 2.45) is 0 Å². The fourth-order valence-electron chi connectivity index (χ4n) is 1.66. The lowest BCUT2D eigenvalue weighted by atomic mass is 10.2. The number of aryl methyl sites for hydroxylation is 1. The minimum Gasteiger partial charge on any atom is -0.469 e. The zero-order valence-corrected chi connectivity index (χ0v) is 13.0. The Bertz CT molecular complexity index is 685. The number of nitrogens with one attached hydrogen (secondary N) is 1. The van der Waals surface area contributed by atoms with Crippen molar-refractivity contribution in [3.63, 3.8) is 0 Å². The second-order valence-corrected chi connectivity index (χ2v) is 5.71. The van der Waals surface area contributed by atoms with Crippen molar-refractivity contribution in [2.75, 3.05) is 12.4 Å². The van der Waals surface area contributed by atoms with Crippen LogP contribution in [-0.4, -0.2) is 24.0 Å². The molecule has 0 saturated heterocycles. The highest BCUT2D eigenvalue weighted by molar-refractivity contribution is 7.16. The Morgan fingerprint density at radius 1 is 1.38 bits per heavy atom. The van der Waals surface area contributed by atoms with Gasteiger partial charge in [-0.15, -0.1) is 11.3 Å². The van der Waals surface area contributed by atoms with Crippen LogP contribution in [0.25, 0.3) is 0 Å². The Hall–Kier alpha value is -1.92. The number of rotatable bonds is 4. The number of methoxy groups -OCH3 is 1. The van der Waals surface area contributed by atoms with E-state index < -0.39 is 0 Å². The molecule has 0 fully saturated rings. The standard InChI is InChI=1S/C14H13ClN2O3S/c1-8-11(7-12(18)20-2)21-14(16-8)17-13(19)9-5-3-4-6-10(9)15/h3-6H,7H2,1-2H3,(H,16,17,19). The van der Waals surface area contributed by atoms with E-state index in [1.807, 2.05) is 0 Å². The minimum absolute atomic E-state index is 0.141. The zero-order chi connectivity index (χ0) is 15.4. The van der Waals surface area contributed by atoms with E-state index in [9.17, 15) is 9.59 Å². The van der Waals surface area contributed by atoms with Crippen molar-refractivity contribution in [1.82, 2.24) is 4.98 Å². The van der Waals surface area contributed by atoms with Gasteiger partial charge in [-0.2, -0.15) is 0 Å². The van der Waals surface area contributed by atoms with Crippen LogP contribution in [0, 0.1) is 6.92 Å². The highest BCUT2D eigenvalue weighted by atomic mass is 35.5. The van der Waals surface area contributed by atoms with Crippen molar-refractivity contribution in [3.8, 4) is 0 Å². The molecule has 0 aliphatic heterocycles. The maximum atomic E-state index is 12.1. The third kappa shape index (κ3) is 3.80. The molecule has 0 aliphatic carbocycles. The first-order valence-electron chi connectivity index (χ1n) is 6.10. The molecule has 2 rings (SSSR count). The van der Waals surface area contributed by atoms with E-state index in [-0.39, 0.29) is 18.3 Å². The lowest BCUT2D eigenvalue weighted by Crippen LogP contribution is -2.12. The van der Waals surface area contributed by atoms with E-state index in [0.717, 1.165) is 4.88 Å². The molecule has 5 nitrogen and oxygen atoms in total. The normalized spacial score (nSPS) is 10.2. The number of carbonyl (C=O) groups excluding carboxylic acids is 2. The lowest BCUT2D eigenvalue weighted by Gasteiger charge is -2.03. The molecule has 0 radical (unpaired) electrons. The molecule has 1 aromatic heterocycles. The summed E-state index contributed by atoms with van der Waals surface area (Å²) in [6.45, 7) is 1.78. The van der Waals surface area contributed by atoms with E-state index >= 15 is 0 Å². The van der Waals surface area contributed by atoms with E-state index in [4.69, 9.17) is 11.6 Å². The van der Waals surface area contributed by atoms with Gasteiger partial charge in [0.05, 0.1) is 29.8 Å². The number of amides is 1. The predicted octanol–water partition coefficient (Wildman–Crippen LogP) is 3.07. The summed E-state index contributed by atoms with van der Waals surface area (Å²) in [6, 6.07) is 6.76. The molecular weight excluding hydrogens is 312 g/mol. The summed E-state index contributed by atoms with van der Waals surface area (Å²) in [5.41, 5.74) is 1.07. The maximum absolute atomic E-state index is 12.1. The minimum atomic E-state index is -0.342. The van der Waals surface area contributed by atoms with Crippen molar-refractivity contribution < 1.29 is 14.3 Å². The van der Waals surface area contributed by atoms with Crippen LogP contribution in [0.2, 0.25) is 5.02 Å². The molecule has 0 unspecified atom stereocenters. The first kappa shape index (κ1) is 15.5. The van der Waals surface area contributed by atoms with Crippen LogP contribution in [0.1, 0.15) is 20.9 Å². The van der Waals surface area contributed by atoms with Gasteiger partial charge in [0.1, 0.15) is 0 Å². The van der Waals surface area contributed by atoms with Crippen LogP contribution in [0.5, 0.6) is 0 Å². The van der Waals surface area contributed by atoms with E-state index in [1.165, 1.54) is 18.4 Å². The summed E-state index contributed by atoms with van der Waals surface area (Å²) < 4.78 is 4.62. The number of nitrogens with zero attached hydrogens (tertiary/aromatic N) is 1. The summed E-state index contributed by atoms with van der Waals surface area (Å²) in [6.07, 6.45) is 0.141. The summed E-state index contributed by atoms with van der Waals surface area (Å²) in [5, 5.41) is 3.48. The molecule has 21 heavy (non-hydrogen) atoms. The number of anilines is 1. The first-order chi connectivity index (χ1) is 10.0. The summed E-state index contributed by atoms with van der Waals surface area (Å²) in [4.78, 5) is 28.4. The fourth-order valence-corrected chi connectivity index (χ4v) is 2.82. The topological polar surface area (TPSA) is 68.3 Å². The number of halogens is 1. The number of aromatic nitrogens is 1. The van der Waals surface area contributed by atoms with E-state index in [0.29, 0.717) is 21.4 Å². The SMILES string of the molecule is COC(=O)Cc1sc(NC(=O)c2ccccc2Cl)nc1C. The van der Waals surface area contributed by atoms with Crippen LogP contribution in [0.15, 0.2) is 24.3 Å². The Balaban J connectivity index is 2.14. The molecule has 7 heteroatoms. The second-order valence-electron chi connectivity index (χ2n) is 4.21. The van der Waals surface area contributed by atoms with Gasteiger partial charge >= 0.3 is 5.97 Å². The number of esters is 1. The average Bonchev–Trinajstić information content (AvgIpc) is 2.78. The van der Waals surface area contributed by atoms with Crippen LogP contribution < -0.4 is 5.32 Å². The zero-order valence-electron chi connectivity index (χ0n) is 11.5. The Morgan fingerprint density at radius 3 is 2.76 bits per heavy atom. The molecule has 1 N–H and O–H groups in total. The highest BCUT2D eigenvalue weighted by Gasteiger charge is 2.15. The van der Waals surface area contributed by atoms with E-state index in [1.54, 1.807) is 31.2 Å². The highest BCUT2D eigenvalue weighted by Crippen LogP contribution is 2.24. The molecule has 110 valence electrons. The molecule has 0 saturated carbocycles. The number of hydrogen-bond donors (Lipinski definition) is 1. The quantitative estimate of drug-likeness (QED) is 0.878. The van der Waals surface area contributed by atoms with Crippen LogP contribution in [-0.2, 0) is 16.0 Å².